The number of hydrogen-bond acceptors (Lipinski definition) is 8. The van der Waals surface area contributed by atoms with E-state index < -0.39 is 18.2 Å². The first kappa shape index (κ1) is 41.2. The zero-order valence-corrected chi connectivity index (χ0v) is 36.3. The Morgan fingerprint density at radius 1 is 0.790 bits per heavy atom. The number of hydrogen-bond donors (Lipinski definition) is 4. The maximum Gasteiger partial charge on any atom is 0.407 e. The monoisotopic (exact) mass is 840 g/mol. The van der Waals surface area contributed by atoms with E-state index in [9.17, 15) is 19.2 Å². The molecule has 4 aliphatic rings. The third-order valence-corrected chi connectivity index (χ3v) is 13.8. The number of fused-ring (bicyclic) bond motifs is 6. The molecule has 3 fully saturated rings. The number of amides is 4. The zero-order chi connectivity index (χ0) is 43.4. The van der Waals surface area contributed by atoms with Crippen LogP contribution in [0.4, 0.5) is 9.59 Å². The van der Waals surface area contributed by atoms with Gasteiger partial charge < -0.3 is 39.9 Å². The minimum atomic E-state index is -0.700. The van der Waals surface area contributed by atoms with Crippen molar-refractivity contribution in [2.24, 2.45) is 11.8 Å². The van der Waals surface area contributed by atoms with E-state index >= 15 is 0 Å². The molecule has 4 N–H and O–H groups in total. The predicted octanol–water partition coefficient (Wildman–Crippen LogP) is 8.35. The summed E-state index contributed by atoms with van der Waals surface area (Å²) in [7, 11) is 2.59. The van der Waals surface area contributed by atoms with Gasteiger partial charge >= 0.3 is 12.2 Å². The minimum Gasteiger partial charge on any atom is -0.453 e. The molecule has 5 aromatic rings. The normalized spacial score (nSPS) is 23.2. The summed E-state index contributed by atoms with van der Waals surface area (Å²) in [5, 5.41) is 5.26. The lowest BCUT2D eigenvalue weighted by Gasteiger charge is -2.32. The molecule has 0 spiro atoms. The molecule has 3 unspecified atom stereocenters. The average Bonchev–Trinajstić information content (AvgIpc) is 4.15. The Morgan fingerprint density at radius 2 is 1.47 bits per heavy atom. The van der Waals surface area contributed by atoms with Crippen molar-refractivity contribution in [1.82, 2.24) is 40.4 Å². The van der Waals surface area contributed by atoms with Gasteiger partial charge in [0.2, 0.25) is 11.8 Å². The number of carbonyl (C=O) groups is 4. The van der Waals surface area contributed by atoms with Crippen molar-refractivity contribution >= 4 is 35.0 Å². The van der Waals surface area contributed by atoms with E-state index in [1.807, 2.05) is 36.8 Å². The summed E-state index contributed by atoms with van der Waals surface area (Å²) < 4.78 is 9.47. The van der Waals surface area contributed by atoms with E-state index in [1.165, 1.54) is 61.3 Å². The molecular weight excluding hydrogens is 785 g/mol. The lowest BCUT2D eigenvalue weighted by molar-refractivity contribution is -0.137. The highest BCUT2D eigenvalue weighted by Crippen LogP contribution is 2.58. The summed E-state index contributed by atoms with van der Waals surface area (Å²) in [5.74, 6) is 2.45. The maximum atomic E-state index is 13.9. The van der Waals surface area contributed by atoms with Crippen molar-refractivity contribution in [3.05, 3.63) is 83.6 Å². The Labute approximate surface area is 361 Å². The second-order valence-corrected chi connectivity index (χ2v) is 18.1. The van der Waals surface area contributed by atoms with Gasteiger partial charge in [0.1, 0.15) is 24.2 Å². The van der Waals surface area contributed by atoms with Crippen LogP contribution >= 0.6 is 0 Å². The van der Waals surface area contributed by atoms with Crippen molar-refractivity contribution < 1.29 is 28.7 Å². The minimum absolute atomic E-state index is 0.00564. The third kappa shape index (κ3) is 7.47. The van der Waals surface area contributed by atoms with Crippen LogP contribution in [0.25, 0.3) is 44.5 Å². The van der Waals surface area contributed by atoms with Crippen LogP contribution in [-0.4, -0.2) is 93.1 Å². The second kappa shape index (κ2) is 16.6. The fourth-order valence-corrected chi connectivity index (χ4v) is 10.7. The molecule has 4 amide bonds. The van der Waals surface area contributed by atoms with E-state index in [0.717, 1.165) is 58.8 Å². The highest BCUT2D eigenvalue weighted by Gasteiger charge is 2.43. The van der Waals surface area contributed by atoms with E-state index in [0.29, 0.717) is 24.3 Å². The van der Waals surface area contributed by atoms with Crippen LogP contribution in [0.15, 0.2) is 60.8 Å². The number of methoxy groups -OCH3 is 2. The fourth-order valence-electron chi connectivity index (χ4n) is 10.7. The number of rotatable bonds is 10. The fraction of sp³-hybridized carbons (Fsp3) is 0.458. The van der Waals surface area contributed by atoms with Crippen molar-refractivity contribution in [1.29, 1.82) is 0 Å². The second-order valence-electron chi connectivity index (χ2n) is 18.1. The van der Waals surface area contributed by atoms with E-state index in [4.69, 9.17) is 14.7 Å². The largest absolute Gasteiger partial charge is 0.453 e. The summed E-state index contributed by atoms with van der Waals surface area (Å²) in [5.41, 5.74) is 11.5. The summed E-state index contributed by atoms with van der Waals surface area (Å²) in [6.45, 7) is 8.49. The number of nitrogens with one attached hydrogen (secondary N) is 4. The number of imidazole rings is 2. The van der Waals surface area contributed by atoms with E-state index in [2.05, 4.69) is 86.9 Å². The zero-order valence-electron chi connectivity index (χ0n) is 36.3. The van der Waals surface area contributed by atoms with Crippen LogP contribution in [0.2, 0.25) is 0 Å². The van der Waals surface area contributed by atoms with Gasteiger partial charge in [-0.3, -0.25) is 9.59 Å². The standard InChI is InChI=1S/C48H56N8O6/c1-25(2)43(54-48(60)62-6)46(58)56-27(4)7-18-38(56)44-49-22-37(53-44)29-10-8-28(9-11-29)33-15-16-34(42-32-13-12-31(20-32)41(33)42)30-14-17-35-36(21-30)52-45(51-35)39-19-26(3)24-55(39)40(57)23-50-47(59)61-5/h8-11,14-17,21-22,25-27,31-32,38-39,43H,7,12-13,18-20,23-24H2,1-6H3,(H,49,53)(H,50,59)(H,51,52)(H,54,60)/t26-,27-,31?,32?,38-,39-,43?/m0/s1. The van der Waals surface area contributed by atoms with Crippen LogP contribution in [0.1, 0.15) is 113 Å². The molecule has 2 bridgehead atoms. The smallest absolute Gasteiger partial charge is 0.407 e. The van der Waals surface area contributed by atoms with Crippen LogP contribution in [0.3, 0.4) is 0 Å². The Balaban J connectivity index is 0.954. The Morgan fingerprint density at radius 3 is 2.16 bits per heavy atom. The molecule has 62 heavy (non-hydrogen) atoms. The molecule has 4 heterocycles. The highest BCUT2D eigenvalue weighted by molar-refractivity contribution is 5.88. The molecule has 14 heteroatoms. The molecule has 2 aliphatic heterocycles. The molecule has 1 saturated carbocycles. The number of H-pyrrole nitrogens is 2. The van der Waals surface area contributed by atoms with E-state index in [1.54, 1.807) is 0 Å². The van der Waals surface area contributed by atoms with Crippen molar-refractivity contribution in [3.8, 4) is 33.5 Å². The number of aromatic nitrogens is 4. The van der Waals surface area contributed by atoms with Gasteiger partial charge in [-0.1, -0.05) is 63.2 Å². The van der Waals surface area contributed by atoms with Crippen LogP contribution in [0.5, 0.6) is 0 Å². The topological polar surface area (TPSA) is 175 Å². The quantitative estimate of drug-likeness (QED) is 0.109. The predicted molar refractivity (Wildman–Crippen MR) is 235 cm³/mol. The number of carbonyl (C=O) groups excluding carboxylic acids is 4. The molecule has 2 aromatic heterocycles. The summed E-state index contributed by atoms with van der Waals surface area (Å²) >= 11 is 0. The average molecular weight is 841 g/mol. The van der Waals surface area contributed by atoms with Crippen molar-refractivity contribution in [2.45, 2.75) is 102 Å². The van der Waals surface area contributed by atoms with Gasteiger partial charge in [0.05, 0.1) is 49.2 Å². The summed E-state index contributed by atoms with van der Waals surface area (Å²) in [6, 6.07) is 18.6. The molecule has 3 aromatic carbocycles. The lowest BCUT2D eigenvalue weighted by atomic mass is 9.81. The molecule has 0 radical (unpaired) electrons. The molecule has 2 saturated heterocycles. The van der Waals surface area contributed by atoms with Gasteiger partial charge in [-0.25, -0.2) is 19.6 Å². The molecule has 9 rings (SSSR count). The first-order valence-corrected chi connectivity index (χ1v) is 22.0. The molecule has 2 aliphatic carbocycles. The number of aromatic amines is 2. The van der Waals surface area contributed by atoms with Crippen LogP contribution < -0.4 is 10.6 Å². The number of likely N-dealkylation sites (tertiary alicyclic amines) is 2. The third-order valence-electron chi connectivity index (χ3n) is 13.8. The van der Waals surface area contributed by atoms with Gasteiger partial charge in [-0.05, 0) is 120 Å². The van der Waals surface area contributed by atoms with Gasteiger partial charge in [0.15, 0.2) is 0 Å². The van der Waals surface area contributed by atoms with Gasteiger partial charge in [-0.15, -0.1) is 0 Å². The molecule has 324 valence electrons. The van der Waals surface area contributed by atoms with Gasteiger partial charge in [-0.2, -0.15) is 0 Å². The Bertz CT molecular complexity index is 2530. The first-order chi connectivity index (χ1) is 29.9. The SMILES string of the molecule is COC(=O)NCC(=O)N1C[C@@H](C)C[C@H]1c1nc2ccc(-c3ccc(-c4ccc(-c5cnc([C@@H]6CC[C@H](C)N6C(=O)C(NC(=O)OC)C(C)C)[nH]5)cc4)c4c3C3CCC4C3)cc2[nH]1. The van der Waals surface area contributed by atoms with E-state index in [-0.39, 0.29) is 42.4 Å². The first-order valence-electron chi connectivity index (χ1n) is 22.0. The molecular formula is C48H56N8O6. The molecule has 7 atom stereocenters. The van der Waals surface area contributed by atoms with Crippen molar-refractivity contribution in [2.75, 3.05) is 27.3 Å². The van der Waals surface area contributed by atoms with Crippen LogP contribution in [0, 0.1) is 11.8 Å². The van der Waals surface area contributed by atoms with Gasteiger partial charge in [0.25, 0.3) is 0 Å². The number of nitrogens with zero attached hydrogens (tertiary/aromatic N) is 4. The summed E-state index contributed by atoms with van der Waals surface area (Å²) in [4.78, 5) is 71.3. The number of ether oxygens (including phenoxy) is 2. The highest BCUT2D eigenvalue weighted by atomic mass is 16.5. The Kier molecular flexibility index (Phi) is 11.0. The van der Waals surface area contributed by atoms with Crippen molar-refractivity contribution in [3.63, 3.8) is 0 Å². The van der Waals surface area contributed by atoms with Crippen LogP contribution in [-0.2, 0) is 19.1 Å². The van der Waals surface area contributed by atoms with Gasteiger partial charge in [0, 0.05) is 12.6 Å². The summed E-state index contributed by atoms with van der Waals surface area (Å²) in [6.07, 6.45) is 6.59. The lowest BCUT2D eigenvalue weighted by Crippen LogP contribution is -2.52. The Hall–Kier alpha value is -6.18. The number of benzene rings is 3. The maximum absolute atomic E-state index is 13.9. The number of alkyl carbamates (subject to hydrolysis) is 2. The molecule has 14 nitrogen and oxygen atoms in total.